The van der Waals surface area contributed by atoms with Crippen molar-refractivity contribution < 1.29 is 0 Å². The average Bonchev–Trinajstić information content (AvgIpc) is 2.63. The van der Waals surface area contributed by atoms with Gasteiger partial charge in [0.1, 0.15) is 0 Å². The molecule has 0 aliphatic heterocycles. The Morgan fingerprint density at radius 2 is 1.94 bits per heavy atom. The summed E-state index contributed by atoms with van der Waals surface area (Å²) in [6.45, 7) is 13.3. The van der Waals surface area contributed by atoms with Crippen molar-refractivity contribution >= 4 is 21.4 Å². The van der Waals surface area contributed by atoms with Gasteiger partial charge in [0.05, 0.1) is 0 Å². The van der Waals surface area contributed by atoms with E-state index in [-0.39, 0.29) is 5.41 Å². The molecule has 98 valence electrons. The van der Waals surface area contributed by atoms with Crippen molar-refractivity contribution in [2.45, 2.75) is 46.6 Å². The van der Waals surface area contributed by atoms with Gasteiger partial charge in [-0.1, -0.05) is 45.4 Å². The smallest absolute Gasteiger partial charge is 0.0349 e. The van der Waals surface area contributed by atoms with Crippen molar-refractivity contribution in [3.63, 3.8) is 0 Å². The molecule has 0 aliphatic rings. The third-order valence-corrected chi connectivity index (χ3v) is 4.37. The molecule has 0 saturated carbocycles. The van der Waals surface area contributed by atoms with Crippen molar-refractivity contribution in [3.8, 4) is 0 Å². The van der Waals surface area contributed by atoms with Crippen LogP contribution in [0.25, 0.3) is 10.1 Å². The average molecular weight is 261 g/mol. The Hall–Kier alpha value is -0.860. The lowest BCUT2D eigenvalue weighted by Gasteiger charge is -2.21. The van der Waals surface area contributed by atoms with Crippen LogP contribution in [0.2, 0.25) is 0 Å². The van der Waals surface area contributed by atoms with Crippen molar-refractivity contribution in [1.82, 2.24) is 5.32 Å². The highest BCUT2D eigenvalue weighted by Crippen LogP contribution is 2.39. The number of benzene rings is 1. The summed E-state index contributed by atoms with van der Waals surface area (Å²) in [6.07, 6.45) is 0. The Balaban J connectivity index is 2.62. The molecule has 0 saturated heterocycles. The summed E-state index contributed by atoms with van der Waals surface area (Å²) in [4.78, 5) is 1.49. The number of thiophene rings is 1. The van der Waals surface area contributed by atoms with Crippen LogP contribution in [0, 0.1) is 6.92 Å². The van der Waals surface area contributed by atoms with Crippen LogP contribution in [0.15, 0.2) is 18.2 Å². The lowest BCUT2D eigenvalue weighted by atomic mass is 9.84. The first-order valence-electron chi connectivity index (χ1n) is 6.66. The van der Waals surface area contributed by atoms with Crippen LogP contribution in [-0.2, 0) is 12.0 Å². The third-order valence-electron chi connectivity index (χ3n) is 3.20. The molecule has 0 bridgehead atoms. The molecule has 18 heavy (non-hydrogen) atoms. The van der Waals surface area contributed by atoms with Gasteiger partial charge in [-0.15, -0.1) is 11.3 Å². The molecule has 0 amide bonds. The van der Waals surface area contributed by atoms with Crippen molar-refractivity contribution in [3.05, 3.63) is 34.2 Å². The molecule has 0 aliphatic carbocycles. The van der Waals surface area contributed by atoms with E-state index in [1.54, 1.807) is 0 Å². The first kappa shape index (κ1) is 13.6. The van der Waals surface area contributed by atoms with Crippen LogP contribution in [0.3, 0.4) is 0 Å². The predicted octanol–water partition coefficient (Wildman–Crippen LogP) is 4.62. The molecule has 1 N–H and O–H groups in total. The summed E-state index contributed by atoms with van der Waals surface area (Å²) in [6, 6.07) is 6.81. The normalized spacial score (nSPS) is 12.3. The molecule has 0 fully saturated rings. The maximum absolute atomic E-state index is 3.46. The van der Waals surface area contributed by atoms with E-state index in [0.29, 0.717) is 0 Å². The minimum absolute atomic E-state index is 0.205. The first-order chi connectivity index (χ1) is 8.43. The Morgan fingerprint density at radius 3 is 2.56 bits per heavy atom. The van der Waals surface area contributed by atoms with Crippen molar-refractivity contribution in [2.75, 3.05) is 6.54 Å². The van der Waals surface area contributed by atoms with Gasteiger partial charge >= 0.3 is 0 Å². The van der Waals surface area contributed by atoms with Crippen LogP contribution >= 0.6 is 11.3 Å². The van der Waals surface area contributed by atoms with Crippen LogP contribution in [-0.4, -0.2) is 6.54 Å². The van der Waals surface area contributed by atoms with Gasteiger partial charge in [-0.2, -0.15) is 0 Å². The second-order valence-electron chi connectivity index (χ2n) is 5.93. The van der Waals surface area contributed by atoms with Gasteiger partial charge in [0, 0.05) is 16.1 Å². The monoisotopic (exact) mass is 261 g/mol. The number of fused-ring (bicyclic) bond motifs is 1. The van der Waals surface area contributed by atoms with E-state index in [0.717, 1.165) is 13.1 Å². The molecule has 0 unspecified atom stereocenters. The number of hydrogen-bond donors (Lipinski definition) is 1. The fraction of sp³-hybridized carbons (Fsp3) is 0.500. The Kier molecular flexibility index (Phi) is 3.79. The van der Waals surface area contributed by atoms with Crippen LogP contribution < -0.4 is 5.32 Å². The molecule has 0 radical (unpaired) electrons. The molecule has 2 aromatic rings. The second kappa shape index (κ2) is 5.02. The van der Waals surface area contributed by atoms with Gasteiger partial charge < -0.3 is 5.32 Å². The SMILES string of the molecule is CCNCc1sc2ccc(C)cc2c1C(C)(C)C. The fourth-order valence-electron chi connectivity index (χ4n) is 2.45. The Labute approximate surface area is 114 Å². The molecule has 1 aromatic carbocycles. The topological polar surface area (TPSA) is 12.0 Å². The minimum atomic E-state index is 0.205. The third kappa shape index (κ3) is 2.60. The summed E-state index contributed by atoms with van der Waals surface area (Å²) in [7, 11) is 0. The lowest BCUT2D eigenvalue weighted by Crippen LogP contribution is -2.17. The van der Waals surface area contributed by atoms with Crippen LogP contribution in [0.1, 0.15) is 43.7 Å². The van der Waals surface area contributed by atoms with Crippen LogP contribution in [0.5, 0.6) is 0 Å². The molecule has 0 atom stereocenters. The summed E-state index contributed by atoms with van der Waals surface area (Å²) in [5.74, 6) is 0. The van der Waals surface area contributed by atoms with E-state index in [4.69, 9.17) is 0 Å². The summed E-state index contributed by atoms with van der Waals surface area (Å²) < 4.78 is 1.42. The van der Waals surface area contributed by atoms with Gasteiger partial charge in [0.2, 0.25) is 0 Å². The molecule has 1 aromatic heterocycles. The number of hydrogen-bond acceptors (Lipinski definition) is 2. The number of rotatable bonds is 3. The Morgan fingerprint density at radius 1 is 1.22 bits per heavy atom. The number of aryl methyl sites for hydroxylation is 1. The van der Waals surface area contributed by atoms with E-state index < -0.39 is 0 Å². The molecular weight excluding hydrogens is 238 g/mol. The first-order valence-corrected chi connectivity index (χ1v) is 7.48. The minimum Gasteiger partial charge on any atom is -0.312 e. The highest BCUT2D eigenvalue weighted by Gasteiger charge is 2.23. The molecule has 1 heterocycles. The highest BCUT2D eigenvalue weighted by atomic mass is 32.1. The summed E-state index contributed by atoms with van der Waals surface area (Å²) in [5, 5.41) is 4.91. The van der Waals surface area contributed by atoms with Crippen LogP contribution in [0.4, 0.5) is 0 Å². The highest BCUT2D eigenvalue weighted by molar-refractivity contribution is 7.19. The van der Waals surface area contributed by atoms with E-state index in [1.807, 2.05) is 11.3 Å². The maximum atomic E-state index is 3.46. The van der Waals surface area contributed by atoms with Crippen molar-refractivity contribution in [1.29, 1.82) is 0 Å². The maximum Gasteiger partial charge on any atom is 0.0349 e. The second-order valence-corrected chi connectivity index (χ2v) is 7.07. The molecule has 0 spiro atoms. The zero-order valence-electron chi connectivity index (χ0n) is 12.1. The van der Waals surface area contributed by atoms with E-state index >= 15 is 0 Å². The lowest BCUT2D eigenvalue weighted by molar-refractivity contribution is 0.585. The van der Waals surface area contributed by atoms with Crippen molar-refractivity contribution in [2.24, 2.45) is 0 Å². The molecule has 2 rings (SSSR count). The van der Waals surface area contributed by atoms with Gasteiger partial charge in [0.25, 0.3) is 0 Å². The van der Waals surface area contributed by atoms with Gasteiger partial charge in [-0.3, -0.25) is 0 Å². The molecule has 2 heteroatoms. The number of nitrogens with one attached hydrogen (secondary N) is 1. The zero-order valence-corrected chi connectivity index (χ0v) is 12.9. The largest absolute Gasteiger partial charge is 0.312 e. The van der Waals surface area contributed by atoms with Gasteiger partial charge in [-0.25, -0.2) is 0 Å². The fourth-order valence-corrected chi connectivity index (χ4v) is 3.81. The van der Waals surface area contributed by atoms with E-state index in [2.05, 4.69) is 58.1 Å². The molecule has 1 nitrogen and oxygen atoms in total. The quantitative estimate of drug-likeness (QED) is 0.850. The molecular formula is C16H23NS. The van der Waals surface area contributed by atoms with Gasteiger partial charge in [-0.05, 0) is 35.9 Å². The standard InChI is InChI=1S/C16H23NS/c1-6-17-10-14-15(16(3,4)5)12-9-11(2)7-8-13(12)18-14/h7-9,17H,6,10H2,1-5H3. The Bertz CT molecular complexity index is 546. The summed E-state index contributed by atoms with van der Waals surface area (Å²) >= 11 is 1.94. The van der Waals surface area contributed by atoms with E-state index in [9.17, 15) is 0 Å². The van der Waals surface area contributed by atoms with E-state index in [1.165, 1.54) is 26.1 Å². The zero-order chi connectivity index (χ0) is 13.3. The van der Waals surface area contributed by atoms with Gasteiger partial charge in [0.15, 0.2) is 0 Å². The predicted molar refractivity (Wildman–Crippen MR) is 82.6 cm³/mol. The summed E-state index contributed by atoms with van der Waals surface area (Å²) in [5.41, 5.74) is 3.07.